The Balaban J connectivity index is 1.70. The van der Waals surface area contributed by atoms with E-state index in [1.807, 2.05) is 60.7 Å². The van der Waals surface area contributed by atoms with Crippen LogP contribution in [0.25, 0.3) is 22.4 Å². The van der Waals surface area contributed by atoms with Gasteiger partial charge in [0, 0.05) is 29.9 Å². The molecule has 1 fully saturated rings. The van der Waals surface area contributed by atoms with E-state index in [9.17, 15) is 19.4 Å². The Labute approximate surface area is 234 Å². The molecule has 40 heavy (non-hydrogen) atoms. The molecule has 0 aliphatic carbocycles. The largest absolute Gasteiger partial charge is 0.393 e. The summed E-state index contributed by atoms with van der Waals surface area (Å²) < 4.78 is 21.9. The van der Waals surface area contributed by atoms with Crippen molar-refractivity contribution in [3.63, 3.8) is 0 Å². The SMILES string of the molecule is CC(C)c1c(C(=O)Nc2ccccc2)c(-c2ccccc2)c(-c2ccc(F)cc2)n1CC[C@@H]1C[C@@H](O)CC(O)O1. The van der Waals surface area contributed by atoms with Crippen molar-refractivity contribution in [3.05, 3.63) is 102 Å². The summed E-state index contributed by atoms with van der Waals surface area (Å²) >= 11 is 0. The molecule has 0 radical (unpaired) electrons. The molecule has 1 aliphatic heterocycles. The first-order valence-corrected chi connectivity index (χ1v) is 13.8. The molecule has 3 aromatic carbocycles. The lowest BCUT2D eigenvalue weighted by Crippen LogP contribution is -2.36. The van der Waals surface area contributed by atoms with Gasteiger partial charge in [0.15, 0.2) is 6.29 Å². The van der Waals surface area contributed by atoms with Gasteiger partial charge in [-0.1, -0.05) is 62.4 Å². The van der Waals surface area contributed by atoms with Gasteiger partial charge in [0.1, 0.15) is 5.82 Å². The molecule has 208 valence electrons. The highest BCUT2D eigenvalue weighted by Crippen LogP contribution is 2.43. The highest BCUT2D eigenvalue weighted by Gasteiger charge is 2.32. The number of halogens is 1. The minimum absolute atomic E-state index is 0.0309. The highest BCUT2D eigenvalue weighted by molar-refractivity contribution is 6.12. The quantitative estimate of drug-likeness (QED) is 0.235. The molecule has 2 heterocycles. The van der Waals surface area contributed by atoms with E-state index in [2.05, 4.69) is 23.7 Å². The van der Waals surface area contributed by atoms with Crippen LogP contribution in [0.3, 0.4) is 0 Å². The van der Waals surface area contributed by atoms with Crippen molar-refractivity contribution in [1.29, 1.82) is 0 Å². The average Bonchev–Trinajstić information content (AvgIpc) is 3.28. The molecule has 1 saturated heterocycles. The number of benzene rings is 3. The van der Waals surface area contributed by atoms with Gasteiger partial charge in [0.2, 0.25) is 0 Å². The van der Waals surface area contributed by atoms with Crippen molar-refractivity contribution >= 4 is 11.6 Å². The number of nitrogens with one attached hydrogen (secondary N) is 1. The summed E-state index contributed by atoms with van der Waals surface area (Å²) in [6.07, 6.45) is -0.846. The van der Waals surface area contributed by atoms with E-state index in [4.69, 9.17) is 4.74 Å². The fraction of sp³-hybridized carbons (Fsp3) is 0.303. The summed E-state index contributed by atoms with van der Waals surface area (Å²) in [7, 11) is 0. The predicted octanol–water partition coefficient (Wildman–Crippen LogP) is 6.59. The van der Waals surface area contributed by atoms with Gasteiger partial charge in [-0.2, -0.15) is 0 Å². The van der Waals surface area contributed by atoms with Gasteiger partial charge in [0.05, 0.1) is 23.5 Å². The number of hydrogen-bond donors (Lipinski definition) is 3. The Bertz CT molecular complexity index is 1430. The molecule has 5 rings (SSSR count). The average molecular weight is 543 g/mol. The van der Waals surface area contributed by atoms with Crippen molar-refractivity contribution in [2.45, 2.75) is 64.1 Å². The number of nitrogens with zero attached hydrogens (tertiary/aromatic N) is 1. The van der Waals surface area contributed by atoms with Gasteiger partial charge < -0.3 is 24.8 Å². The van der Waals surface area contributed by atoms with Gasteiger partial charge in [-0.3, -0.25) is 4.79 Å². The first kappa shape index (κ1) is 27.8. The van der Waals surface area contributed by atoms with E-state index in [1.165, 1.54) is 12.1 Å². The van der Waals surface area contributed by atoms with Gasteiger partial charge >= 0.3 is 0 Å². The Morgan fingerprint density at radius 3 is 2.23 bits per heavy atom. The molecular weight excluding hydrogens is 507 g/mol. The Hall–Kier alpha value is -3.78. The molecular formula is C33H35FN2O4. The van der Waals surface area contributed by atoms with Gasteiger partial charge in [-0.25, -0.2) is 4.39 Å². The molecule has 7 heteroatoms. The number of anilines is 1. The van der Waals surface area contributed by atoms with Crippen molar-refractivity contribution in [2.24, 2.45) is 0 Å². The van der Waals surface area contributed by atoms with E-state index in [-0.39, 0.29) is 30.2 Å². The smallest absolute Gasteiger partial charge is 0.258 e. The standard InChI is InChI=1S/C33H35FN2O4/c1-21(2)31-30(33(39)35-25-11-7-4-8-12-25)29(22-9-5-3-6-10-22)32(23-13-15-24(34)16-14-23)36(31)18-17-27-19-26(37)20-28(38)40-27/h3-16,21,26-28,37-38H,17-20H2,1-2H3,(H,35,39)/t26-,27-,28?/m1/s1. The van der Waals surface area contributed by atoms with E-state index >= 15 is 0 Å². The summed E-state index contributed by atoms with van der Waals surface area (Å²) in [5.74, 6) is -0.597. The fourth-order valence-corrected chi connectivity index (χ4v) is 5.63. The van der Waals surface area contributed by atoms with Crippen LogP contribution in [0.15, 0.2) is 84.9 Å². The van der Waals surface area contributed by atoms with Gasteiger partial charge in [0.25, 0.3) is 5.91 Å². The first-order chi connectivity index (χ1) is 19.3. The van der Waals surface area contributed by atoms with Crippen LogP contribution in [0.2, 0.25) is 0 Å². The van der Waals surface area contributed by atoms with Crippen LogP contribution in [-0.2, 0) is 11.3 Å². The maximum absolute atomic E-state index is 14.1. The molecule has 1 aromatic heterocycles. The molecule has 6 nitrogen and oxygen atoms in total. The van der Waals surface area contributed by atoms with Crippen LogP contribution < -0.4 is 5.32 Å². The lowest BCUT2D eigenvalue weighted by Gasteiger charge is -2.31. The lowest BCUT2D eigenvalue weighted by atomic mass is 9.94. The molecule has 0 saturated carbocycles. The predicted molar refractivity (Wildman–Crippen MR) is 154 cm³/mol. The van der Waals surface area contributed by atoms with Crippen LogP contribution in [-0.4, -0.2) is 39.2 Å². The van der Waals surface area contributed by atoms with Crippen LogP contribution in [0.1, 0.15) is 55.1 Å². The second-order valence-corrected chi connectivity index (χ2v) is 10.6. The zero-order chi connectivity index (χ0) is 28.2. The summed E-state index contributed by atoms with van der Waals surface area (Å²) in [4.78, 5) is 14.1. The van der Waals surface area contributed by atoms with Crippen molar-refractivity contribution in [3.8, 4) is 22.4 Å². The second kappa shape index (κ2) is 12.2. The van der Waals surface area contributed by atoms with E-state index < -0.39 is 12.4 Å². The highest BCUT2D eigenvalue weighted by atomic mass is 19.1. The van der Waals surface area contributed by atoms with Crippen LogP contribution in [0, 0.1) is 5.82 Å². The normalized spacial score (nSPS) is 19.1. The third-order valence-corrected chi connectivity index (χ3v) is 7.32. The Morgan fingerprint density at radius 2 is 1.60 bits per heavy atom. The zero-order valence-electron chi connectivity index (χ0n) is 22.8. The summed E-state index contributed by atoms with van der Waals surface area (Å²) in [6.45, 7) is 4.58. The number of aromatic nitrogens is 1. The number of amides is 1. The number of para-hydroxylation sites is 1. The van der Waals surface area contributed by atoms with Crippen LogP contribution >= 0.6 is 0 Å². The summed E-state index contributed by atoms with van der Waals surface area (Å²) in [5.41, 5.74) is 5.35. The monoisotopic (exact) mass is 542 g/mol. The number of hydrogen-bond acceptors (Lipinski definition) is 4. The maximum Gasteiger partial charge on any atom is 0.258 e. The van der Waals surface area contributed by atoms with Crippen molar-refractivity contribution in [1.82, 2.24) is 4.57 Å². The first-order valence-electron chi connectivity index (χ1n) is 13.8. The number of ether oxygens (including phenoxy) is 1. The summed E-state index contributed by atoms with van der Waals surface area (Å²) in [6, 6.07) is 25.4. The Kier molecular flexibility index (Phi) is 8.45. The second-order valence-electron chi connectivity index (χ2n) is 10.6. The molecule has 3 N–H and O–H groups in total. The third kappa shape index (κ3) is 6.02. The van der Waals surface area contributed by atoms with E-state index in [0.29, 0.717) is 30.6 Å². The molecule has 0 bridgehead atoms. The van der Waals surface area contributed by atoms with Crippen LogP contribution in [0.4, 0.5) is 10.1 Å². The number of carbonyl (C=O) groups is 1. The minimum Gasteiger partial charge on any atom is -0.393 e. The lowest BCUT2D eigenvalue weighted by molar-refractivity contribution is -0.190. The summed E-state index contributed by atoms with van der Waals surface area (Å²) in [5, 5.41) is 23.4. The van der Waals surface area contributed by atoms with Crippen molar-refractivity contribution in [2.75, 3.05) is 5.32 Å². The van der Waals surface area contributed by atoms with Crippen LogP contribution in [0.5, 0.6) is 0 Å². The Morgan fingerprint density at radius 1 is 0.950 bits per heavy atom. The minimum atomic E-state index is -1.01. The molecule has 3 atom stereocenters. The zero-order valence-corrected chi connectivity index (χ0v) is 22.8. The number of aliphatic hydroxyl groups excluding tert-OH is 2. The number of rotatable bonds is 8. The fourth-order valence-electron chi connectivity index (χ4n) is 5.63. The van der Waals surface area contributed by atoms with Gasteiger partial charge in [-0.05, 0) is 66.3 Å². The maximum atomic E-state index is 14.1. The number of aliphatic hydroxyl groups is 2. The molecule has 1 aliphatic rings. The topological polar surface area (TPSA) is 83.7 Å². The molecule has 4 aromatic rings. The molecule has 1 amide bonds. The third-order valence-electron chi connectivity index (χ3n) is 7.32. The van der Waals surface area contributed by atoms with Crippen molar-refractivity contribution < 1.29 is 24.1 Å². The van der Waals surface area contributed by atoms with E-state index in [1.54, 1.807) is 12.1 Å². The number of carbonyl (C=O) groups excluding carboxylic acids is 1. The van der Waals surface area contributed by atoms with E-state index in [0.717, 1.165) is 28.1 Å². The molecule has 0 spiro atoms. The van der Waals surface area contributed by atoms with Gasteiger partial charge in [-0.15, -0.1) is 0 Å². The molecule has 1 unspecified atom stereocenters.